The first-order valence-corrected chi connectivity index (χ1v) is 10.8. The summed E-state index contributed by atoms with van der Waals surface area (Å²) in [5.41, 5.74) is 2.09. The highest BCUT2D eigenvalue weighted by molar-refractivity contribution is 7.80. The van der Waals surface area contributed by atoms with E-state index in [1.807, 2.05) is 6.07 Å². The van der Waals surface area contributed by atoms with Gasteiger partial charge in [-0.15, -0.1) is 0 Å². The van der Waals surface area contributed by atoms with Gasteiger partial charge in [0.05, 0.1) is 12.5 Å². The number of piperidine rings is 1. The third-order valence-corrected chi connectivity index (χ3v) is 7.87. The number of methoxy groups -OCH3 is 1. The molecule has 0 saturated carbocycles. The fourth-order valence-corrected chi connectivity index (χ4v) is 6.72. The summed E-state index contributed by atoms with van der Waals surface area (Å²) in [4.78, 5) is 41.4. The van der Waals surface area contributed by atoms with E-state index < -0.39 is 29.3 Å². The molecule has 1 aromatic rings. The molecule has 2 bridgehead atoms. The summed E-state index contributed by atoms with van der Waals surface area (Å²) >= 11 is 4.96. The van der Waals surface area contributed by atoms with Gasteiger partial charge in [0.1, 0.15) is 5.92 Å². The maximum atomic E-state index is 13.4. The highest BCUT2D eigenvalue weighted by Crippen LogP contribution is 2.64. The quantitative estimate of drug-likeness (QED) is 0.503. The fourth-order valence-electron chi connectivity index (χ4n) is 6.52. The Kier molecular flexibility index (Phi) is 3.75. The van der Waals surface area contributed by atoms with Gasteiger partial charge in [-0.2, -0.15) is 0 Å². The molecule has 31 heavy (non-hydrogen) atoms. The lowest BCUT2D eigenvalue weighted by atomic mass is 9.50. The Bertz CT molecular complexity index is 1110. The molecule has 6 rings (SSSR count). The number of likely N-dealkylation sites (tertiary alicyclic amines) is 1. The van der Waals surface area contributed by atoms with Crippen LogP contribution in [0.15, 0.2) is 23.8 Å². The van der Waals surface area contributed by atoms with Gasteiger partial charge in [-0.1, -0.05) is 6.07 Å². The Hall–Kier alpha value is -2.78. The summed E-state index contributed by atoms with van der Waals surface area (Å²) in [7, 11) is 3.64. The molecule has 1 spiro atoms. The normalized spacial score (nSPS) is 33.9. The summed E-state index contributed by atoms with van der Waals surface area (Å²) in [6, 6.07) is 3.98. The summed E-state index contributed by atoms with van der Waals surface area (Å²) in [6.07, 6.45) is 2.23. The van der Waals surface area contributed by atoms with E-state index in [0.29, 0.717) is 23.5 Å². The summed E-state index contributed by atoms with van der Waals surface area (Å²) in [5, 5.41) is 5.09. The van der Waals surface area contributed by atoms with Gasteiger partial charge in [0, 0.05) is 17.5 Å². The molecule has 160 valence electrons. The molecule has 3 aliphatic heterocycles. The van der Waals surface area contributed by atoms with Crippen LogP contribution >= 0.6 is 12.2 Å². The number of carbonyl (C=O) groups is 3. The number of rotatable bonds is 2. The fraction of sp³-hybridized carbons (Fsp3) is 0.455. The van der Waals surface area contributed by atoms with Crippen LogP contribution in [0.25, 0.3) is 0 Å². The van der Waals surface area contributed by atoms with Gasteiger partial charge in [-0.3, -0.25) is 14.4 Å². The van der Waals surface area contributed by atoms with Crippen molar-refractivity contribution in [1.82, 2.24) is 15.5 Å². The van der Waals surface area contributed by atoms with Gasteiger partial charge in [0.25, 0.3) is 0 Å². The number of likely N-dealkylation sites (N-methyl/N-ethyl adjacent to an activating group) is 1. The van der Waals surface area contributed by atoms with Crippen LogP contribution in [0.1, 0.15) is 17.5 Å². The van der Waals surface area contributed by atoms with Crippen LogP contribution in [0.4, 0.5) is 0 Å². The molecule has 2 saturated heterocycles. The van der Waals surface area contributed by atoms with E-state index in [0.717, 1.165) is 24.1 Å². The number of carbonyl (C=O) groups excluding carboxylic acids is 3. The largest absolute Gasteiger partial charge is 0.493 e. The van der Waals surface area contributed by atoms with Gasteiger partial charge in [0.15, 0.2) is 28.5 Å². The molecule has 5 aliphatic rings. The molecule has 0 radical (unpaired) electrons. The third-order valence-electron chi connectivity index (χ3n) is 7.67. The second-order valence-corrected chi connectivity index (χ2v) is 9.34. The molecule has 4 atom stereocenters. The Morgan fingerprint density at radius 3 is 2.68 bits per heavy atom. The van der Waals surface area contributed by atoms with E-state index in [4.69, 9.17) is 21.7 Å². The highest BCUT2D eigenvalue weighted by Gasteiger charge is 2.67. The lowest BCUT2D eigenvalue weighted by Crippen LogP contribution is -2.67. The number of nitrogens with one attached hydrogen (secondary N) is 2. The van der Waals surface area contributed by atoms with Crippen LogP contribution in [-0.2, 0) is 26.2 Å². The van der Waals surface area contributed by atoms with Crippen molar-refractivity contribution in [1.29, 1.82) is 0 Å². The number of thiocarbonyl (C=S) groups is 1. The molecule has 2 N–H and O–H groups in total. The first kappa shape index (κ1) is 18.9. The molecule has 1 unspecified atom stereocenters. The zero-order valence-corrected chi connectivity index (χ0v) is 17.9. The zero-order valence-electron chi connectivity index (χ0n) is 17.1. The minimum absolute atomic E-state index is 0.00690. The number of hydrogen-bond acceptors (Lipinski definition) is 7. The Labute approximate surface area is 183 Å². The van der Waals surface area contributed by atoms with Crippen LogP contribution in [0.5, 0.6) is 11.5 Å². The maximum Gasteiger partial charge on any atom is 0.242 e. The van der Waals surface area contributed by atoms with E-state index in [1.54, 1.807) is 7.11 Å². The topological polar surface area (TPSA) is 97.0 Å². The summed E-state index contributed by atoms with van der Waals surface area (Å²) in [5.74, 6) is -1.26. The van der Waals surface area contributed by atoms with Crippen molar-refractivity contribution < 1.29 is 23.9 Å². The van der Waals surface area contributed by atoms with Gasteiger partial charge >= 0.3 is 0 Å². The standard InChI is InChI=1S/C22H21N3O5S/c1-25-6-5-22-15-9-3-4-13(29-2)17(15)30-18(22)12(26)8-10(16(22)11(25)7-9)14-19(27)23-21(31)24-20(14)28/h3-4,8,11,14,16,18H,5-7H2,1-2H3,(H2,23,24,27,28,31)/t11-,16+,18?,22-/m1/s1. The molecule has 2 aliphatic carbocycles. The average molecular weight is 439 g/mol. The number of ketones is 1. The highest BCUT2D eigenvalue weighted by atomic mass is 32.1. The van der Waals surface area contributed by atoms with Crippen molar-refractivity contribution in [3.8, 4) is 11.5 Å². The summed E-state index contributed by atoms with van der Waals surface area (Å²) < 4.78 is 11.8. The molecular formula is C22H21N3O5S. The van der Waals surface area contributed by atoms with Crippen molar-refractivity contribution in [2.75, 3.05) is 20.7 Å². The molecule has 2 fully saturated rings. The minimum Gasteiger partial charge on any atom is -0.493 e. The third kappa shape index (κ3) is 2.22. The van der Waals surface area contributed by atoms with E-state index in [2.05, 4.69) is 28.6 Å². The molecule has 8 nitrogen and oxygen atoms in total. The van der Waals surface area contributed by atoms with Gasteiger partial charge in [0.2, 0.25) is 11.8 Å². The smallest absolute Gasteiger partial charge is 0.242 e. The van der Waals surface area contributed by atoms with Crippen LogP contribution in [0.3, 0.4) is 0 Å². The SMILES string of the molecule is COc1ccc2c3c1OC1C(=O)C=C(C4C(=O)NC(=S)NC4=O)[C@H]4[C@@H](C2)N(C)CC[C@]314. The number of nitrogens with zero attached hydrogens (tertiary/aromatic N) is 1. The molecule has 9 heteroatoms. The molecule has 1 aromatic carbocycles. The monoisotopic (exact) mass is 439 g/mol. The maximum absolute atomic E-state index is 13.4. The predicted octanol–water partition coefficient (Wildman–Crippen LogP) is 0.227. The molecule has 2 amide bonds. The number of amides is 2. The molecular weight excluding hydrogens is 418 g/mol. The van der Waals surface area contributed by atoms with E-state index >= 15 is 0 Å². The minimum atomic E-state index is -1.09. The lowest BCUT2D eigenvalue weighted by Gasteiger charge is -2.57. The van der Waals surface area contributed by atoms with E-state index in [9.17, 15) is 14.4 Å². The first-order valence-electron chi connectivity index (χ1n) is 10.3. The second kappa shape index (κ2) is 6.14. The Morgan fingerprint density at radius 2 is 1.97 bits per heavy atom. The van der Waals surface area contributed by atoms with E-state index in [-0.39, 0.29) is 22.9 Å². The number of ether oxygens (including phenoxy) is 2. The van der Waals surface area contributed by atoms with Crippen molar-refractivity contribution >= 4 is 34.9 Å². The number of benzene rings is 1. The van der Waals surface area contributed by atoms with Crippen LogP contribution in [-0.4, -0.2) is 60.5 Å². The van der Waals surface area contributed by atoms with Crippen molar-refractivity contribution in [2.24, 2.45) is 11.8 Å². The van der Waals surface area contributed by atoms with Crippen molar-refractivity contribution in [3.63, 3.8) is 0 Å². The lowest BCUT2D eigenvalue weighted by molar-refractivity contribution is -0.135. The van der Waals surface area contributed by atoms with Gasteiger partial charge in [-0.25, -0.2) is 0 Å². The van der Waals surface area contributed by atoms with Crippen LogP contribution < -0.4 is 20.1 Å². The zero-order chi connectivity index (χ0) is 21.7. The van der Waals surface area contributed by atoms with Crippen LogP contribution in [0, 0.1) is 11.8 Å². The summed E-state index contributed by atoms with van der Waals surface area (Å²) in [6.45, 7) is 0.796. The number of hydrogen-bond donors (Lipinski definition) is 2. The molecule has 3 heterocycles. The van der Waals surface area contributed by atoms with Gasteiger partial charge in [-0.05, 0) is 61.9 Å². The van der Waals surface area contributed by atoms with Crippen molar-refractivity contribution in [3.05, 3.63) is 34.9 Å². The second-order valence-electron chi connectivity index (χ2n) is 8.94. The predicted molar refractivity (Wildman–Crippen MR) is 113 cm³/mol. The van der Waals surface area contributed by atoms with E-state index in [1.165, 1.54) is 6.08 Å². The Balaban J connectivity index is 1.59. The average Bonchev–Trinajstić information content (AvgIpc) is 3.07. The first-order chi connectivity index (χ1) is 14.9. The molecule has 0 aromatic heterocycles. The van der Waals surface area contributed by atoms with Crippen molar-refractivity contribution in [2.45, 2.75) is 30.4 Å². The van der Waals surface area contributed by atoms with Gasteiger partial charge < -0.3 is 25.0 Å². The van der Waals surface area contributed by atoms with Crippen LogP contribution in [0.2, 0.25) is 0 Å². The Morgan fingerprint density at radius 1 is 1.23 bits per heavy atom.